The van der Waals surface area contributed by atoms with Crippen LogP contribution in [0.3, 0.4) is 0 Å². The van der Waals surface area contributed by atoms with Crippen LogP contribution in [0, 0.1) is 0 Å². The van der Waals surface area contributed by atoms with Crippen LogP contribution in [-0.2, 0) is 9.84 Å². The molecule has 1 aliphatic carbocycles. The molecule has 1 atom stereocenters. The van der Waals surface area contributed by atoms with Gasteiger partial charge in [-0.2, -0.15) is 0 Å². The van der Waals surface area contributed by atoms with Gasteiger partial charge in [0, 0.05) is 18.0 Å². The monoisotopic (exact) mass is 268 g/mol. The summed E-state index contributed by atoms with van der Waals surface area (Å²) in [6, 6.07) is 1.60. The second-order valence-corrected chi connectivity index (χ2v) is 7.28. The number of hydrogen-bond donors (Lipinski definition) is 2. The molecule has 98 valence electrons. The molecule has 0 spiro atoms. The average molecular weight is 268 g/mol. The Balaban J connectivity index is 1.76. The summed E-state index contributed by atoms with van der Waals surface area (Å²) >= 11 is 0. The average Bonchev–Trinajstić information content (AvgIpc) is 3.04. The van der Waals surface area contributed by atoms with Crippen LogP contribution in [0.2, 0.25) is 0 Å². The summed E-state index contributed by atoms with van der Waals surface area (Å²) in [5.41, 5.74) is 5.74. The number of nitrogens with one attached hydrogen (secondary N) is 1. The van der Waals surface area contributed by atoms with Crippen molar-refractivity contribution < 1.29 is 8.42 Å². The number of nitrogen functional groups attached to an aromatic ring is 1. The lowest BCUT2D eigenvalue weighted by Crippen LogP contribution is -2.21. The van der Waals surface area contributed by atoms with Crippen molar-refractivity contribution in [3.8, 4) is 0 Å². The minimum absolute atomic E-state index is 0.0589. The predicted molar refractivity (Wildman–Crippen MR) is 69.1 cm³/mol. The van der Waals surface area contributed by atoms with Gasteiger partial charge in [-0.15, -0.1) is 0 Å². The number of rotatable bonds is 3. The summed E-state index contributed by atoms with van der Waals surface area (Å²) in [6.07, 6.45) is 2.85. The zero-order valence-electron chi connectivity index (χ0n) is 9.96. The molecule has 2 heterocycles. The van der Waals surface area contributed by atoms with Gasteiger partial charge < -0.3 is 11.1 Å². The molecule has 3 rings (SSSR count). The summed E-state index contributed by atoms with van der Waals surface area (Å²) in [4.78, 5) is 8.62. The van der Waals surface area contributed by atoms with Crippen LogP contribution in [-0.4, -0.2) is 35.9 Å². The van der Waals surface area contributed by atoms with Crippen LogP contribution < -0.4 is 11.1 Å². The maximum absolute atomic E-state index is 11.4. The van der Waals surface area contributed by atoms with E-state index in [2.05, 4.69) is 15.3 Å². The van der Waals surface area contributed by atoms with Gasteiger partial charge in [0.1, 0.15) is 17.5 Å². The quantitative estimate of drug-likeness (QED) is 0.830. The van der Waals surface area contributed by atoms with Gasteiger partial charge in [0.15, 0.2) is 9.84 Å². The Morgan fingerprint density at radius 2 is 2.06 bits per heavy atom. The largest absolute Gasteiger partial charge is 0.384 e. The molecule has 0 radical (unpaired) electrons. The van der Waals surface area contributed by atoms with Crippen LogP contribution in [0.25, 0.3) is 0 Å². The molecule has 1 unspecified atom stereocenters. The number of anilines is 2. The van der Waals surface area contributed by atoms with E-state index in [0.717, 1.165) is 18.7 Å². The Morgan fingerprint density at radius 1 is 1.28 bits per heavy atom. The number of aromatic nitrogens is 2. The first kappa shape index (κ1) is 11.7. The van der Waals surface area contributed by atoms with Gasteiger partial charge in [-0.25, -0.2) is 18.4 Å². The van der Waals surface area contributed by atoms with Crippen molar-refractivity contribution in [3.05, 3.63) is 11.9 Å². The van der Waals surface area contributed by atoms with E-state index < -0.39 is 9.84 Å². The highest BCUT2D eigenvalue weighted by atomic mass is 32.2. The first-order valence-corrected chi connectivity index (χ1v) is 7.95. The van der Waals surface area contributed by atoms with Crippen molar-refractivity contribution in [2.75, 3.05) is 22.6 Å². The molecule has 1 saturated carbocycles. The molecule has 7 heteroatoms. The molecule has 0 bridgehead atoms. The van der Waals surface area contributed by atoms with Crippen LogP contribution in [0.5, 0.6) is 0 Å². The third kappa shape index (κ3) is 2.55. The second-order valence-electron chi connectivity index (χ2n) is 5.05. The van der Waals surface area contributed by atoms with E-state index in [0.29, 0.717) is 24.0 Å². The lowest BCUT2D eigenvalue weighted by molar-refractivity contribution is 0.602. The lowest BCUT2D eigenvalue weighted by Gasteiger charge is -2.12. The Labute approximate surface area is 106 Å². The van der Waals surface area contributed by atoms with Crippen molar-refractivity contribution in [2.24, 2.45) is 0 Å². The first-order chi connectivity index (χ1) is 8.52. The topological polar surface area (TPSA) is 98.0 Å². The highest BCUT2D eigenvalue weighted by Gasteiger charge is 2.30. The minimum atomic E-state index is -2.88. The number of nitrogens with two attached hydrogens (primary N) is 1. The van der Waals surface area contributed by atoms with Crippen LogP contribution in [0.1, 0.15) is 31.0 Å². The third-order valence-corrected chi connectivity index (χ3v) is 5.06. The van der Waals surface area contributed by atoms with Gasteiger partial charge in [-0.1, -0.05) is 0 Å². The number of hydrogen-bond acceptors (Lipinski definition) is 6. The molecule has 6 nitrogen and oxygen atoms in total. The fourth-order valence-corrected chi connectivity index (χ4v) is 3.87. The van der Waals surface area contributed by atoms with Crippen molar-refractivity contribution in [1.29, 1.82) is 0 Å². The molecule has 2 fully saturated rings. The third-order valence-electron chi connectivity index (χ3n) is 3.29. The normalized spacial score (nSPS) is 26.1. The Morgan fingerprint density at radius 3 is 2.67 bits per heavy atom. The van der Waals surface area contributed by atoms with E-state index in [1.54, 1.807) is 6.07 Å². The summed E-state index contributed by atoms with van der Waals surface area (Å²) in [6.45, 7) is 0. The van der Waals surface area contributed by atoms with Crippen LogP contribution in [0.15, 0.2) is 6.07 Å². The highest BCUT2D eigenvalue weighted by molar-refractivity contribution is 7.91. The fraction of sp³-hybridized carbons (Fsp3) is 0.636. The molecule has 2 aliphatic rings. The van der Waals surface area contributed by atoms with Gasteiger partial charge >= 0.3 is 0 Å². The summed E-state index contributed by atoms with van der Waals surface area (Å²) in [5.74, 6) is 2.72. The molecule has 0 amide bonds. The molecule has 1 saturated heterocycles. The van der Waals surface area contributed by atoms with Crippen LogP contribution >= 0.6 is 0 Å². The zero-order chi connectivity index (χ0) is 12.8. The van der Waals surface area contributed by atoms with Crippen LogP contribution in [0.4, 0.5) is 11.6 Å². The smallest absolute Gasteiger partial charge is 0.152 e. The van der Waals surface area contributed by atoms with Crippen molar-refractivity contribution in [1.82, 2.24) is 9.97 Å². The van der Waals surface area contributed by atoms with Gasteiger partial charge in [0.2, 0.25) is 0 Å². The Hall–Kier alpha value is -1.37. The number of nitrogens with zero attached hydrogens (tertiary/aromatic N) is 2. The maximum atomic E-state index is 11.4. The van der Waals surface area contributed by atoms with Crippen molar-refractivity contribution in [3.63, 3.8) is 0 Å². The van der Waals surface area contributed by atoms with Gasteiger partial charge in [0.25, 0.3) is 0 Å². The van der Waals surface area contributed by atoms with Gasteiger partial charge in [0.05, 0.1) is 11.5 Å². The Kier molecular flexibility index (Phi) is 2.65. The maximum Gasteiger partial charge on any atom is 0.152 e. The zero-order valence-corrected chi connectivity index (χ0v) is 10.8. The molecular weight excluding hydrogens is 252 g/mol. The lowest BCUT2D eigenvalue weighted by atomic mass is 10.2. The van der Waals surface area contributed by atoms with E-state index in [1.807, 2.05) is 0 Å². The van der Waals surface area contributed by atoms with E-state index >= 15 is 0 Å². The van der Waals surface area contributed by atoms with Crippen molar-refractivity contribution in [2.45, 2.75) is 31.2 Å². The molecule has 0 aromatic carbocycles. The predicted octanol–water partition coefficient (Wildman–Crippen LogP) is 0.535. The molecule has 1 aliphatic heterocycles. The molecule has 18 heavy (non-hydrogen) atoms. The van der Waals surface area contributed by atoms with E-state index in [-0.39, 0.29) is 17.5 Å². The van der Waals surface area contributed by atoms with Gasteiger partial charge in [-0.05, 0) is 19.3 Å². The summed E-state index contributed by atoms with van der Waals surface area (Å²) in [7, 11) is -2.88. The number of sulfone groups is 1. The van der Waals surface area contributed by atoms with E-state index in [9.17, 15) is 8.42 Å². The summed E-state index contributed by atoms with van der Waals surface area (Å²) < 4.78 is 22.8. The van der Waals surface area contributed by atoms with Crippen molar-refractivity contribution >= 4 is 21.5 Å². The van der Waals surface area contributed by atoms with Gasteiger partial charge in [-0.3, -0.25) is 0 Å². The molecule has 3 N–H and O–H groups in total. The second kappa shape index (κ2) is 4.08. The molecule has 1 aromatic rings. The molecule has 1 aromatic heterocycles. The highest BCUT2D eigenvalue weighted by Crippen LogP contribution is 2.38. The first-order valence-electron chi connectivity index (χ1n) is 6.13. The minimum Gasteiger partial charge on any atom is -0.384 e. The van der Waals surface area contributed by atoms with E-state index in [1.165, 1.54) is 0 Å². The summed E-state index contributed by atoms with van der Waals surface area (Å²) in [5, 5.41) is 3.15. The standard InChI is InChI=1S/C11H16N4O2S/c12-9-5-10(15-11(14-9)7-1-2-7)13-8-3-4-18(16,17)6-8/h5,7-8H,1-4,6H2,(H3,12,13,14,15). The molecular formula is C11H16N4O2S. The SMILES string of the molecule is Nc1cc(NC2CCS(=O)(=O)C2)nc(C2CC2)n1. The van der Waals surface area contributed by atoms with E-state index in [4.69, 9.17) is 5.73 Å². The Bertz CT molecular complexity index is 568. The fourth-order valence-electron chi connectivity index (χ4n) is 2.20.